The predicted molar refractivity (Wildman–Crippen MR) is 71.6 cm³/mol. The lowest BCUT2D eigenvalue weighted by atomic mass is 10.0. The molecular formula is C12H21N3O3S. The minimum absolute atomic E-state index is 0.0655. The molecule has 2 fully saturated rings. The second-order valence-electron chi connectivity index (χ2n) is 5.46. The molecule has 0 N–H and O–H groups in total. The molecule has 1 atom stereocenters. The molecule has 0 bridgehead atoms. The summed E-state index contributed by atoms with van der Waals surface area (Å²) >= 11 is 0. The number of carbonyl (C=O) groups excluding carboxylic acids is 1. The Balaban J connectivity index is 1.99. The van der Waals surface area contributed by atoms with Gasteiger partial charge in [0.05, 0.1) is 6.04 Å². The Bertz CT molecular complexity index is 451. The Hall–Kier alpha value is -0.750. The van der Waals surface area contributed by atoms with Crippen molar-refractivity contribution in [2.45, 2.75) is 38.6 Å². The van der Waals surface area contributed by atoms with Crippen LogP contribution in [0.3, 0.4) is 0 Å². The van der Waals surface area contributed by atoms with Crippen molar-refractivity contribution in [1.29, 1.82) is 0 Å². The topological polar surface area (TPSA) is 70.1 Å². The van der Waals surface area contributed by atoms with E-state index in [-0.39, 0.29) is 6.04 Å². The van der Waals surface area contributed by atoms with E-state index >= 15 is 0 Å². The van der Waals surface area contributed by atoms with Crippen LogP contribution in [0.2, 0.25) is 0 Å². The minimum atomic E-state index is -3.33. The summed E-state index contributed by atoms with van der Waals surface area (Å²) in [6.45, 7) is 4.23. The summed E-state index contributed by atoms with van der Waals surface area (Å²) in [6, 6.07) is -0.0655. The molecular weight excluding hydrogens is 266 g/mol. The molecule has 2 rings (SSSR count). The van der Waals surface area contributed by atoms with Gasteiger partial charge >= 0.3 is 0 Å². The fraction of sp³-hybridized carbons (Fsp3) is 0.917. The molecule has 0 saturated carbocycles. The van der Waals surface area contributed by atoms with Gasteiger partial charge in [-0.25, -0.2) is 9.79 Å². The van der Waals surface area contributed by atoms with E-state index in [0.717, 1.165) is 12.8 Å². The summed E-state index contributed by atoms with van der Waals surface area (Å²) in [4.78, 5) is 13.9. The van der Waals surface area contributed by atoms with Gasteiger partial charge in [-0.2, -0.15) is 17.0 Å². The van der Waals surface area contributed by atoms with E-state index in [1.807, 2.05) is 0 Å². The molecule has 6 nitrogen and oxygen atoms in total. The maximum absolute atomic E-state index is 12.5. The van der Waals surface area contributed by atoms with Crippen molar-refractivity contribution in [3.8, 4) is 0 Å². The second kappa shape index (κ2) is 6.13. The van der Waals surface area contributed by atoms with Crippen molar-refractivity contribution in [1.82, 2.24) is 8.61 Å². The molecule has 0 aromatic rings. The van der Waals surface area contributed by atoms with Gasteiger partial charge in [0, 0.05) is 26.2 Å². The quantitative estimate of drug-likeness (QED) is 0.568. The van der Waals surface area contributed by atoms with E-state index in [4.69, 9.17) is 0 Å². The molecule has 0 radical (unpaired) electrons. The highest BCUT2D eigenvalue weighted by atomic mass is 32.2. The van der Waals surface area contributed by atoms with Crippen LogP contribution >= 0.6 is 0 Å². The fourth-order valence-corrected chi connectivity index (χ4v) is 4.60. The molecule has 2 saturated heterocycles. The van der Waals surface area contributed by atoms with Crippen LogP contribution in [0, 0.1) is 5.92 Å². The summed E-state index contributed by atoms with van der Waals surface area (Å²) in [5, 5.41) is 0. The summed E-state index contributed by atoms with van der Waals surface area (Å²) in [7, 11) is -3.33. The first-order valence-corrected chi connectivity index (χ1v) is 8.26. The normalized spacial score (nSPS) is 27.9. The largest absolute Gasteiger partial charge is 0.281 e. The third-order valence-corrected chi connectivity index (χ3v) is 5.93. The third-order valence-electron chi connectivity index (χ3n) is 3.93. The number of piperidine rings is 2. The molecule has 0 amide bonds. The molecule has 7 heteroatoms. The lowest BCUT2D eigenvalue weighted by Gasteiger charge is -2.36. The lowest BCUT2D eigenvalue weighted by molar-refractivity contribution is 0.242. The Morgan fingerprint density at radius 2 is 1.79 bits per heavy atom. The SMILES string of the molecule is CC1CCCN(S(=O)(=O)N2CCC(N=C=O)CC2)C1. The molecule has 108 valence electrons. The molecule has 2 aliphatic heterocycles. The van der Waals surface area contributed by atoms with Crippen molar-refractivity contribution >= 4 is 16.3 Å². The van der Waals surface area contributed by atoms with Crippen molar-refractivity contribution < 1.29 is 13.2 Å². The molecule has 2 heterocycles. The average Bonchev–Trinajstić information content (AvgIpc) is 2.40. The number of aliphatic imine (C=N–C) groups is 1. The molecule has 0 aromatic carbocycles. The maximum Gasteiger partial charge on any atom is 0.281 e. The molecule has 0 spiro atoms. The summed E-state index contributed by atoms with van der Waals surface area (Å²) in [6.07, 6.45) is 4.81. The number of isocyanates is 1. The molecule has 0 aromatic heterocycles. The highest BCUT2D eigenvalue weighted by molar-refractivity contribution is 7.86. The zero-order valence-electron chi connectivity index (χ0n) is 11.3. The van der Waals surface area contributed by atoms with Gasteiger partial charge in [0.25, 0.3) is 10.2 Å². The van der Waals surface area contributed by atoms with Crippen LogP contribution in [0.15, 0.2) is 4.99 Å². The van der Waals surface area contributed by atoms with E-state index in [9.17, 15) is 13.2 Å². The highest BCUT2D eigenvalue weighted by Crippen LogP contribution is 2.23. The van der Waals surface area contributed by atoms with E-state index in [2.05, 4.69) is 11.9 Å². The van der Waals surface area contributed by atoms with Gasteiger partial charge in [0.1, 0.15) is 0 Å². The zero-order valence-corrected chi connectivity index (χ0v) is 12.1. The van der Waals surface area contributed by atoms with Crippen LogP contribution in [-0.4, -0.2) is 55.3 Å². The van der Waals surface area contributed by atoms with Crippen LogP contribution in [0.25, 0.3) is 0 Å². The van der Waals surface area contributed by atoms with E-state index in [0.29, 0.717) is 44.9 Å². The number of hydrogen-bond donors (Lipinski definition) is 0. The first-order valence-electron chi connectivity index (χ1n) is 6.86. The summed E-state index contributed by atoms with van der Waals surface area (Å²) < 4.78 is 28.1. The second-order valence-corrected chi connectivity index (χ2v) is 7.39. The van der Waals surface area contributed by atoms with Crippen molar-refractivity contribution in [3.05, 3.63) is 0 Å². The average molecular weight is 287 g/mol. The summed E-state index contributed by atoms with van der Waals surface area (Å²) in [5.41, 5.74) is 0. The van der Waals surface area contributed by atoms with Gasteiger partial charge in [0.2, 0.25) is 6.08 Å². The smallest absolute Gasteiger partial charge is 0.211 e. The predicted octanol–water partition coefficient (Wildman–Crippen LogP) is 0.763. The lowest BCUT2D eigenvalue weighted by Crippen LogP contribution is -2.50. The molecule has 2 aliphatic rings. The monoisotopic (exact) mass is 287 g/mol. The van der Waals surface area contributed by atoms with Crippen molar-refractivity contribution in [2.24, 2.45) is 10.9 Å². The first-order chi connectivity index (χ1) is 9.04. The van der Waals surface area contributed by atoms with Crippen molar-refractivity contribution in [3.63, 3.8) is 0 Å². The number of nitrogens with zero attached hydrogens (tertiary/aromatic N) is 3. The molecule has 1 unspecified atom stereocenters. The van der Waals surface area contributed by atoms with Gasteiger partial charge < -0.3 is 0 Å². The van der Waals surface area contributed by atoms with Gasteiger partial charge in [-0.1, -0.05) is 6.92 Å². The molecule has 0 aliphatic carbocycles. The molecule has 19 heavy (non-hydrogen) atoms. The standard InChI is InChI=1S/C12H21N3O3S/c1-11-3-2-6-15(9-11)19(17,18)14-7-4-12(5-8-14)13-10-16/h11-12H,2-9H2,1H3. The van der Waals surface area contributed by atoms with Crippen LogP contribution in [-0.2, 0) is 15.0 Å². The van der Waals surface area contributed by atoms with Crippen LogP contribution < -0.4 is 0 Å². The Labute approximate surface area is 114 Å². The fourth-order valence-electron chi connectivity index (χ4n) is 2.80. The van der Waals surface area contributed by atoms with Crippen molar-refractivity contribution in [2.75, 3.05) is 26.2 Å². The van der Waals surface area contributed by atoms with Crippen LogP contribution in [0.4, 0.5) is 0 Å². The van der Waals surface area contributed by atoms with Gasteiger partial charge in [-0.3, -0.25) is 0 Å². The Kier molecular flexibility index (Phi) is 4.73. The maximum atomic E-state index is 12.5. The summed E-state index contributed by atoms with van der Waals surface area (Å²) in [5.74, 6) is 0.431. The van der Waals surface area contributed by atoms with E-state index in [1.165, 1.54) is 4.31 Å². The van der Waals surface area contributed by atoms with Crippen LogP contribution in [0.5, 0.6) is 0 Å². The van der Waals surface area contributed by atoms with E-state index in [1.54, 1.807) is 10.4 Å². The first kappa shape index (κ1) is 14.7. The Morgan fingerprint density at radius 3 is 2.37 bits per heavy atom. The Morgan fingerprint density at radius 1 is 1.11 bits per heavy atom. The van der Waals surface area contributed by atoms with E-state index < -0.39 is 10.2 Å². The van der Waals surface area contributed by atoms with Gasteiger partial charge in [-0.15, -0.1) is 0 Å². The van der Waals surface area contributed by atoms with Gasteiger partial charge in [0.15, 0.2) is 0 Å². The number of rotatable bonds is 3. The minimum Gasteiger partial charge on any atom is -0.211 e. The third kappa shape index (κ3) is 3.42. The highest BCUT2D eigenvalue weighted by Gasteiger charge is 2.34. The van der Waals surface area contributed by atoms with Crippen LogP contribution in [0.1, 0.15) is 32.6 Å². The van der Waals surface area contributed by atoms with Gasteiger partial charge in [-0.05, 0) is 31.6 Å². The zero-order chi connectivity index (χ0) is 13.9. The number of hydrogen-bond acceptors (Lipinski definition) is 4.